The van der Waals surface area contributed by atoms with Gasteiger partial charge < -0.3 is 15.2 Å². The van der Waals surface area contributed by atoms with Crippen molar-refractivity contribution in [2.24, 2.45) is 5.92 Å². The largest absolute Gasteiger partial charge is 0.354 e. The Bertz CT molecular complexity index is 632. The quantitative estimate of drug-likeness (QED) is 0.667. The van der Waals surface area contributed by atoms with Crippen molar-refractivity contribution in [2.75, 3.05) is 31.5 Å². The van der Waals surface area contributed by atoms with Crippen LogP contribution in [0.1, 0.15) is 38.3 Å². The van der Waals surface area contributed by atoms with Crippen molar-refractivity contribution >= 4 is 30.1 Å². The summed E-state index contributed by atoms with van der Waals surface area (Å²) in [6.07, 6.45) is 4.08. The highest BCUT2D eigenvalue weighted by Gasteiger charge is 2.29. The predicted octanol–water partition coefficient (Wildman–Crippen LogP) is 1.31. The molecule has 3 rings (SSSR count). The van der Waals surface area contributed by atoms with E-state index in [4.69, 9.17) is 4.52 Å². The van der Waals surface area contributed by atoms with Gasteiger partial charge in [-0.15, -0.1) is 12.4 Å². The minimum Gasteiger partial charge on any atom is -0.354 e. The van der Waals surface area contributed by atoms with E-state index in [-0.39, 0.29) is 36.3 Å². The van der Waals surface area contributed by atoms with E-state index >= 15 is 0 Å². The summed E-state index contributed by atoms with van der Waals surface area (Å²) in [4.78, 5) is 26.8. The topological polar surface area (TPSA) is 99.5 Å². The Labute approximate surface area is 166 Å². The van der Waals surface area contributed by atoms with E-state index < -0.39 is 0 Å². The van der Waals surface area contributed by atoms with Crippen LogP contribution in [0.15, 0.2) is 10.6 Å². The van der Waals surface area contributed by atoms with Gasteiger partial charge >= 0.3 is 0 Å². The lowest BCUT2D eigenvalue weighted by molar-refractivity contribution is -0.124. The fourth-order valence-electron chi connectivity index (χ4n) is 3.71. The number of rotatable bonds is 6. The van der Waals surface area contributed by atoms with Gasteiger partial charge in [0.2, 0.25) is 17.7 Å². The van der Waals surface area contributed by atoms with Crippen molar-refractivity contribution in [3.63, 3.8) is 0 Å². The van der Waals surface area contributed by atoms with Gasteiger partial charge in [-0.3, -0.25) is 19.8 Å². The number of likely N-dealkylation sites (tertiary alicyclic amines) is 1. The molecule has 0 spiro atoms. The number of anilines is 1. The first-order valence-electron chi connectivity index (χ1n) is 9.52. The molecule has 152 valence electrons. The van der Waals surface area contributed by atoms with E-state index in [9.17, 15) is 9.59 Å². The molecule has 9 heteroatoms. The zero-order chi connectivity index (χ0) is 18.5. The third-order valence-corrected chi connectivity index (χ3v) is 5.29. The van der Waals surface area contributed by atoms with Crippen LogP contribution in [0.2, 0.25) is 0 Å². The molecule has 8 nitrogen and oxygen atoms in total. The molecule has 0 aliphatic carbocycles. The number of nitrogens with zero attached hydrogens (tertiary/aromatic N) is 2. The van der Waals surface area contributed by atoms with Gasteiger partial charge in [-0.2, -0.15) is 0 Å². The second-order valence-corrected chi connectivity index (χ2v) is 7.40. The maximum absolute atomic E-state index is 12.4. The number of nitrogens with one attached hydrogen (secondary N) is 3. The molecule has 1 aromatic rings. The Hall–Kier alpha value is -1.64. The van der Waals surface area contributed by atoms with Crippen LogP contribution in [0, 0.1) is 12.8 Å². The number of amides is 2. The molecule has 2 aliphatic heterocycles. The summed E-state index contributed by atoms with van der Waals surface area (Å²) in [5.41, 5.74) is 0.735. The van der Waals surface area contributed by atoms with E-state index in [2.05, 4.69) is 26.0 Å². The summed E-state index contributed by atoms with van der Waals surface area (Å²) in [5.74, 6) is 0.758. The van der Waals surface area contributed by atoms with Crippen molar-refractivity contribution in [1.82, 2.24) is 20.7 Å². The molecule has 3 N–H and O–H groups in total. The third-order valence-electron chi connectivity index (χ3n) is 5.29. The molecule has 2 fully saturated rings. The zero-order valence-electron chi connectivity index (χ0n) is 16.0. The highest BCUT2D eigenvalue weighted by Crippen LogP contribution is 2.19. The Kier molecular flexibility index (Phi) is 8.07. The average molecular weight is 400 g/mol. The molecular formula is C18H30ClN5O3. The van der Waals surface area contributed by atoms with Crippen molar-refractivity contribution in [3.8, 4) is 0 Å². The highest BCUT2D eigenvalue weighted by atomic mass is 35.5. The van der Waals surface area contributed by atoms with Crippen LogP contribution in [-0.4, -0.2) is 60.1 Å². The van der Waals surface area contributed by atoms with E-state index in [0.717, 1.165) is 51.0 Å². The molecule has 0 radical (unpaired) electrons. The second-order valence-electron chi connectivity index (χ2n) is 7.40. The maximum atomic E-state index is 12.4. The Morgan fingerprint density at radius 1 is 1.41 bits per heavy atom. The minimum atomic E-state index is -0.254. The number of piperidine rings is 1. The van der Waals surface area contributed by atoms with E-state index in [1.54, 1.807) is 6.07 Å². The molecule has 0 bridgehead atoms. The van der Waals surface area contributed by atoms with Gasteiger partial charge in [-0.05, 0) is 58.5 Å². The van der Waals surface area contributed by atoms with E-state index in [1.807, 2.05) is 13.8 Å². The van der Waals surface area contributed by atoms with Crippen molar-refractivity contribution in [3.05, 3.63) is 11.8 Å². The minimum absolute atomic E-state index is 0. The summed E-state index contributed by atoms with van der Waals surface area (Å²) in [6.45, 7) is 7.01. The first kappa shape index (κ1) is 21.7. The molecule has 3 unspecified atom stereocenters. The molecule has 3 atom stereocenters. The van der Waals surface area contributed by atoms with Crippen molar-refractivity contribution in [2.45, 2.75) is 51.6 Å². The first-order chi connectivity index (χ1) is 12.5. The predicted molar refractivity (Wildman–Crippen MR) is 105 cm³/mol. The van der Waals surface area contributed by atoms with Crippen molar-refractivity contribution < 1.29 is 14.1 Å². The molecule has 2 amide bonds. The molecule has 2 saturated heterocycles. The molecule has 27 heavy (non-hydrogen) atoms. The summed E-state index contributed by atoms with van der Waals surface area (Å²) in [7, 11) is 0. The van der Waals surface area contributed by atoms with Gasteiger partial charge in [0.15, 0.2) is 0 Å². The smallest absolute Gasteiger partial charge is 0.243 e. The first-order valence-corrected chi connectivity index (χ1v) is 9.52. The van der Waals surface area contributed by atoms with Gasteiger partial charge in [-0.25, -0.2) is 0 Å². The monoisotopic (exact) mass is 399 g/mol. The summed E-state index contributed by atoms with van der Waals surface area (Å²) in [6, 6.07) is 1.41. The normalized spacial score (nSPS) is 24.1. The third kappa shape index (κ3) is 5.92. The van der Waals surface area contributed by atoms with E-state index in [0.29, 0.717) is 18.3 Å². The van der Waals surface area contributed by atoms with Gasteiger partial charge in [0.25, 0.3) is 0 Å². The molecule has 1 aromatic heterocycles. The molecule has 0 aromatic carbocycles. The van der Waals surface area contributed by atoms with Gasteiger partial charge in [0.05, 0.1) is 17.8 Å². The Morgan fingerprint density at radius 3 is 2.89 bits per heavy atom. The lowest BCUT2D eigenvalue weighted by Gasteiger charge is -2.36. The fourth-order valence-corrected chi connectivity index (χ4v) is 3.71. The SMILES string of the molecule is Cc1cc(NC(=O)C(C)N2CCCC(CNC(=O)C3CCCN3)C2)on1.Cl. The molecule has 3 heterocycles. The van der Waals surface area contributed by atoms with Crippen molar-refractivity contribution in [1.29, 1.82) is 0 Å². The number of hydrogen-bond donors (Lipinski definition) is 3. The van der Waals surface area contributed by atoms with Gasteiger partial charge in [0.1, 0.15) is 0 Å². The number of aryl methyl sites for hydroxylation is 1. The highest BCUT2D eigenvalue weighted by molar-refractivity contribution is 5.93. The summed E-state index contributed by atoms with van der Waals surface area (Å²) >= 11 is 0. The van der Waals surface area contributed by atoms with Crippen LogP contribution in [-0.2, 0) is 9.59 Å². The van der Waals surface area contributed by atoms with Crippen LogP contribution in [0.4, 0.5) is 5.88 Å². The van der Waals surface area contributed by atoms with Gasteiger partial charge in [0, 0.05) is 19.2 Å². The van der Waals surface area contributed by atoms with Crippen LogP contribution in [0.25, 0.3) is 0 Å². The average Bonchev–Trinajstić information content (AvgIpc) is 3.31. The summed E-state index contributed by atoms with van der Waals surface area (Å²) < 4.78 is 5.05. The number of carbonyl (C=O) groups excluding carboxylic acids is 2. The van der Waals surface area contributed by atoms with Crippen LogP contribution in [0.3, 0.4) is 0 Å². The Morgan fingerprint density at radius 2 is 2.22 bits per heavy atom. The van der Waals surface area contributed by atoms with Crippen LogP contribution in [0.5, 0.6) is 0 Å². The maximum Gasteiger partial charge on any atom is 0.243 e. The molecule has 0 saturated carbocycles. The number of hydrogen-bond acceptors (Lipinski definition) is 6. The van der Waals surface area contributed by atoms with Crippen LogP contribution < -0.4 is 16.0 Å². The summed E-state index contributed by atoms with van der Waals surface area (Å²) in [5, 5.41) is 12.8. The molecule has 2 aliphatic rings. The number of halogens is 1. The van der Waals surface area contributed by atoms with Gasteiger partial charge in [-0.1, -0.05) is 5.16 Å². The standard InChI is InChI=1S/C18H29N5O3.ClH/c1-12-9-16(26-22-12)21-17(24)13(2)23-8-4-5-14(11-23)10-20-18(25)15-6-3-7-19-15;/h9,13-15,19H,3-8,10-11H2,1-2H3,(H,20,25)(H,21,24);1H. The van der Waals surface area contributed by atoms with E-state index in [1.165, 1.54) is 0 Å². The zero-order valence-corrected chi connectivity index (χ0v) is 16.8. The number of aromatic nitrogens is 1. The fraction of sp³-hybridized carbons (Fsp3) is 0.722. The van der Waals surface area contributed by atoms with Crippen LogP contribution >= 0.6 is 12.4 Å². The second kappa shape index (κ2) is 10.1. The lowest BCUT2D eigenvalue weighted by Crippen LogP contribution is -2.50. The Balaban J connectivity index is 0.00000261. The number of carbonyl (C=O) groups is 2. The lowest BCUT2D eigenvalue weighted by atomic mass is 9.96. The molecular weight excluding hydrogens is 370 g/mol.